The number of aryl methyl sites for hydroxylation is 1. The first kappa shape index (κ1) is 16.1. The molecule has 124 valence electrons. The molecule has 1 aliphatic heterocycles. The predicted octanol–water partition coefficient (Wildman–Crippen LogP) is 0.956. The summed E-state index contributed by atoms with van der Waals surface area (Å²) in [4.78, 5) is 3.91. The number of hydrogen-bond acceptors (Lipinski definition) is 4. The van der Waals surface area contributed by atoms with Gasteiger partial charge in [0.25, 0.3) is 10.0 Å². The lowest BCUT2D eigenvalue weighted by atomic mass is 9.89. The van der Waals surface area contributed by atoms with Crippen LogP contribution in [0, 0.1) is 11.7 Å². The van der Waals surface area contributed by atoms with Crippen molar-refractivity contribution in [1.29, 1.82) is 0 Å². The van der Waals surface area contributed by atoms with Crippen LogP contribution in [0.3, 0.4) is 0 Å². The highest BCUT2D eigenvalue weighted by atomic mass is 32.2. The van der Waals surface area contributed by atoms with Crippen LogP contribution >= 0.6 is 0 Å². The summed E-state index contributed by atoms with van der Waals surface area (Å²) in [5, 5.41) is 9.59. The van der Waals surface area contributed by atoms with Gasteiger partial charge in [0.05, 0.1) is 6.33 Å². The molecule has 0 radical (unpaired) electrons. The van der Waals surface area contributed by atoms with Crippen molar-refractivity contribution in [1.82, 2.24) is 13.9 Å². The van der Waals surface area contributed by atoms with Gasteiger partial charge in [-0.2, -0.15) is 4.31 Å². The summed E-state index contributed by atoms with van der Waals surface area (Å²) >= 11 is 0. The van der Waals surface area contributed by atoms with E-state index in [0.717, 1.165) is 5.56 Å². The fourth-order valence-electron chi connectivity index (χ4n) is 2.95. The lowest BCUT2D eigenvalue weighted by Crippen LogP contribution is -2.29. The summed E-state index contributed by atoms with van der Waals surface area (Å²) in [5.41, 5.74) is 0.823. The fraction of sp³-hybridized carbons (Fsp3) is 0.400. The Balaban J connectivity index is 1.88. The van der Waals surface area contributed by atoms with Gasteiger partial charge in [0.1, 0.15) is 5.82 Å². The Kier molecular flexibility index (Phi) is 4.22. The molecule has 0 bridgehead atoms. The molecule has 2 atom stereocenters. The number of rotatable bonds is 4. The SMILES string of the molecule is Cn1cnc(S(=O)(=O)N2C[C@H](CO)[C@@H](c3ccc(F)cc3)C2)c1. The lowest BCUT2D eigenvalue weighted by Gasteiger charge is -2.16. The van der Waals surface area contributed by atoms with Gasteiger partial charge in [-0.1, -0.05) is 12.1 Å². The average Bonchev–Trinajstić information content (AvgIpc) is 3.15. The first-order valence-corrected chi connectivity index (χ1v) is 8.70. The van der Waals surface area contributed by atoms with Gasteiger partial charge in [-0.25, -0.2) is 17.8 Å². The highest BCUT2D eigenvalue weighted by Gasteiger charge is 2.40. The third-order valence-corrected chi connectivity index (χ3v) is 5.94. The largest absolute Gasteiger partial charge is 0.396 e. The molecule has 1 saturated heterocycles. The number of benzene rings is 1. The van der Waals surface area contributed by atoms with E-state index in [9.17, 15) is 17.9 Å². The molecule has 2 heterocycles. The monoisotopic (exact) mass is 339 g/mol. The van der Waals surface area contributed by atoms with Gasteiger partial charge in [-0.15, -0.1) is 0 Å². The van der Waals surface area contributed by atoms with Crippen LogP contribution in [0.1, 0.15) is 11.5 Å². The summed E-state index contributed by atoms with van der Waals surface area (Å²) in [5.74, 6) is -0.733. The molecule has 0 unspecified atom stereocenters. The van der Waals surface area contributed by atoms with E-state index in [1.54, 1.807) is 23.7 Å². The number of sulfonamides is 1. The second kappa shape index (κ2) is 6.03. The summed E-state index contributed by atoms with van der Waals surface area (Å²) in [6, 6.07) is 5.97. The van der Waals surface area contributed by atoms with E-state index >= 15 is 0 Å². The molecule has 1 N–H and O–H groups in total. The van der Waals surface area contributed by atoms with Gasteiger partial charge in [0, 0.05) is 44.8 Å². The number of halogens is 1. The minimum atomic E-state index is -3.69. The van der Waals surface area contributed by atoms with Crippen LogP contribution < -0.4 is 0 Å². The van der Waals surface area contributed by atoms with Gasteiger partial charge in [0.15, 0.2) is 5.03 Å². The second-order valence-electron chi connectivity index (χ2n) is 5.80. The highest BCUT2D eigenvalue weighted by Crippen LogP contribution is 2.35. The molecule has 23 heavy (non-hydrogen) atoms. The number of aliphatic hydroxyl groups excluding tert-OH is 1. The Morgan fingerprint density at radius 2 is 2.00 bits per heavy atom. The van der Waals surface area contributed by atoms with Crippen molar-refractivity contribution in [3.63, 3.8) is 0 Å². The summed E-state index contributed by atoms with van der Waals surface area (Å²) < 4.78 is 41.3. The van der Waals surface area contributed by atoms with Crippen LogP contribution in [0.5, 0.6) is 0 Å². The first-order chi connectivity index (χ1) is 10.9. The molecule has 0 aliphatic carbocycles. The van der Waals surface area contributed by atoms with Gasteiger partial charge >= 0.3 is 0 Å². The summed E-state index contributed by atoms with van der Waals surface area (Å²) in [6.07, 6.45) is 2.89. The second-order valence-corrected chi connectivity index (χ2v) is 7.68. The van der Waals surface area contributed by atoms with Crippen molar-refractivity contribution in [2.24, 2.45) is 13.0 Å². The van der Waals surface area contributed by atoms with Crippen LogP contribution in [0.2, 0.25) is 0 Å². The predicted molar refractivity (Wildman–Crippen MR) is 81.7 cm³/mol. The molecule has 2 aromatic rings. The molecule has 1 fully saturated rings. The Morgan fingerprint density at radius 1 is 1.30 bits per heavy atom. The van der Waals surface area contributed by atoms with Crippen LogP contribution in [-0.4, -0.2) is 47.1 Å². The maximum atomic E-state index is 13.1. The Bertz CT molecular complexity index is 789. The van der Waals surface area contributed by atoms with E-state index in [0.29, 0.717) is 0 Å². The maximum absolute atomic E-state index is 13.1. The molecule has 3 rings (SSSR count). The van der Waals surface area contributed by atoms with Crippen molar-refractivity contribution in [2.45, 2.75) is 10.9 Å². The third kappa shape index (κ3) is 3.01. The standard InChI is InChI=1S/C15H18FN3O3S/c1-18-8-15(17-10-18)23(21,22)19-6-12(9-20)14(7-19)11-2-4-13(16)5-3-11/h2-5,8,10,12,14,20H,6-7,9H2,1H3/t12-,14-/m1/s1. The topological polar surface area (TPSA) is 75.4 Å². The lowest BCUT2D eigenvalue weighted by molar-refractivity contribution is 0.223. The Labute approximate surface area is 134 Å². The van der Waals surface area contributed by atoms with Crippen molar-refractivity contribution in [2.75, 3.05) is 19.7 Å². The molecule has 1 aromatic heterocycles. The highest BCUT2D eigenvalue weighted by molar-refractivity contribution is 7.89. The first-order valence-electron chi connectivity index (χ1n) is 7.26. The molecule has 1 aromatic carbocycles. The number of imidazole rings is 1. The molecule has 0 spiro atoms. The smallest absolute Gasteiger partial charge is 0.262 e. The molecule has 6 nitrogen and oxygen atoms in total. The molecule has 8 heteroatoms. The van der Waals surface area contributed by atoms with E-state index in [1.807, 2.05) is 0 Å². The van der Waals surface area contributed by atoms with E-state index in [2.05, 4.69) is 4.98 Å². The van der Waals surface area contributed by atoms with E-state index in [4.69, 9.17) is 0 Å². The van der Waals surface area contributed by atoms with Crippen molar-refractivity contribution in [3.8, 4) is 0 Å². The Hall–Kier alpha value is -1.77. The molecular formula is C15H18FN3O3S. The minimum Gasteiger partial charge on any atom is -0.396 e. The zero-order chi connectivity index (χ0) is 16.6. The summed E-state index contributed by atoms with van der Waals surface area (Å²) in [7, 11) is -1.99. The number of aromatic nitrogens is 2. The van der Waals surface area contributed by atoms with Gasteiger partial charge in [-0.3, -0.25) is 0 Å². The third-order valence-electron chi connectivity index (χ3n) is 4.23. The van der Waals surface area contributed by atoms with Crippen molar-refractivity contribution in [3.05, 3.63) is 48.2 Å². The van der Waals surface area contributed by atoms with Crippen LogP contribution in [0.4, 0.5) is 4.39 Å². The quantitative estimate of drug-likeness (QED) is 0.900. The number of aliphatic hydroxyl groups is 1. The number of hydrogen-bond donors (Lipinski definition) is 1. The average molecular weight is 339 g/mol. The van der Waals surface area contributed by atoms with Gasteiger partial charge in [-0.05, 0) is 17.7 Å². The molecule has 0 amide bonds. The Morgan fingerprint density at radius 3 is 2.57 bits per heavy atom. The molecule has 1 aliphatic rings. The van der Waals surface area contributed by atoms with E-state index < -0.39 is 10.0 Å². The zero-order valence-electron chi connectivity index (χ0n) is 12.6. The number of nitrogens with zero attached hydrogens (tertiary/aromatic N) is 3. The zero-order valence-corrected chi connectivity index (χ0v) is 13.4. The van der Waals surface area contributed by atoms with Crippen LogP contribution in [0.25, 0.3) is 0 Å². The van der Waals surface area contributed by atoms with Crippen molar-refractivity contribution >= 4 is 10.0 Å². The molecule has 0 saturated carbocycles. The normalized spacial score (nSPS) is 22.6. The maximum Gasteiger partial charge on any atom is 0.262 e. The van der Waals surface area contributed by atoms with Crippen LogP contribution in [-0.2, 0) is 17.1 Å². The summed E-state index contributed by atoms with van der Waals surface area (Å²) in [6.45, 7) is 0.337. The van der Waals surface area contributed by atoms with E-state index in [-0.39, 0.29) is 42.4 Å². The van der Waals surface area contributed by atoms with Gasteiger partial charge < -0.3 is 9.67 Å². The fourth-order valence-corrected chi connectivity index (χ4v) is 4.44. The van der Waals surface area contributed by atoms with Gasteiger partial charge in [0.2, 0.25) is 0 Å². The van der Waals surface area contributed by atoms with Crippen LogP contribution in [0.15, 0.2) is 41.8 Å². The molecular weight excluding hydrogens is 321 g/mol. The van der Waals surface area contributed by atoms with E-state index in [1.165, 1.54) is 29.0 Å². The van der Waals surface area contributed by atoms with Crippen molar-refractivity contribution < 1.29 is 17.9 Å². The minimum absolute atomic E-state index is 0.00329.